The summed E-state index contributed by atoms with van der Waals surface area (Å²) >= 11 is 0. The van der Waals surface area contributed by atoms with Gasteiger partial charge >= 0.3 is 5.97 Å². The highest BCUT2D eigenvalue weighted by Crippen LogP contribution is 2.35. The lowest BCUT2D eigenvalue weighted by molar-refractivity contribution is 0.0525. The number of carbonyl (C=O) groups is 1. The van der Waals surface area contributed by atoms with E-state index in [1.807, 2.05) is 13.0 Å². The fourth-order valence-corrected chi connectivity index (χ4v) is 2.88. The summed E-state index contributed by atoms with van der Waals surface area (Å²) in [6.07, 6.45) is 3.21. The van der Waals surface area contributed by atoms with E-state index in [9.17, 15) is 4.79 Å². The van der Waals surface area contributed by atoms with Crippen molar-refractivity contribution in [2.24, 2.45) is 0 Å². The summed E-state index contributed by atoms with van der Waals surface area (Å²) in [6.45, 7) is 3.62. The minimum atomic E-state index is -0.180. The molecule has 0 amide bonds. The maximum absolute atomic E-state index is 11.9. The number of fused-ring (bicyclic) bond motifs is 3. The number of hydrogen-bond acceptors (Lipinski definition) is 3. The van der Waals surface area contributed by atoms with E-state index in [4.69, 9.17) is 9.47 Å². The molecule has 1 aliphatic carbocycles. The van der Waals surface area contributed by atoms with Gasteiger partial charge in [0.05, 0.1) is 25.4 Å². The van der Waals surface area contributed by atoms with Crippen LogP contribution in [0.4, 0.5) is 0 Å². The van der Waals surface area contributed by atoms with E-state index < -0.39 is 0 Å². The number of rotatable bonds is 2. The Kier molecular flexibility index (Phi) is 2.63. The zero-order chi connectivity index (χ0) is 11.8. The first-order valence-electron chi connectivity index (χ1n) is 6.22. The van der Waals surface area contributed by atoms with Crippen LogP contribution in [0.1, 0.15) is 46.0 Å². The number of carbonyl (C=O) groups excluding carboxylic acids is 1. The van der Waals surface area contributed by atoms with Crippen molar-refractivity contribution in [1.82, 2.24) is 0 Å². The van der Waals surface area contributed by atoms with Gasteiger partial charge in [-0.2, -0.15) is 0 Å². The summed E-state index contributed by atoms with van der Waals surface area (Å²) in [5, 5.41) is 0. The number of benzene rings is 1. The standard InChI is InChI=1S/C14H16O3/c1-2-17-14(15)12-6-9-7-16-8-13(9)11-5-3-4-10(11)12/h6H,2-5,7-8H2,1H3. The molecule has 1 heterocycles. The van der Waals surface area contributed by atoms with Crippen molar-refractivity contribution in [2.75, 3.05) is 6.61 Å². The zero-order valence-electron chi connectivity index (χ0n) is 10.0. The van der Waals surface area contributed by atoms with Crippen LogP contribution < -0.4 is 0 Å². The molecular weight excluding hydrogens is 216 g/mol. The van der Waals surface area contributed by atoms with Gasteiger partial charge in [-0.05, 0) is 54.5 Å². The topological polar surface area (TPSA) is 35.5 Å². The van der Waals surface area contributed by atoms with Crippen molar-refractivity contribution >= 4 is 5.97 Å². The molecule has 0 saturated carbocycles. The first-order chi connectivity index (χ1) is 8.31. The molecule has 1 aliphatic heterocycles. The molecule has 0 spiro atoms. The lowest BCUT2D eigenvalue weighted by atomic mass is 9.95. The average molecular weight is 232 g/mol. The van der Waals surface area contributed by atoms with E-state index in [1.165, 1.54) is 22.3 Å². The van der Waals surface area contributed by atoms with Crippen LogP contribution in [-0.2, 0) is 35.5 Å². The maximum Gasteiger partial charge on any atom is 0.338 e. The Labute approximate surface area is 101 Å². The van der Waals surface area contributed by atoms with Crippen molar-refractivity contribution in [3.05, 3.63) is 33.9 Å². The summed E-state index contributed by atoms with van der Waals surface area (Å²) in [4.78, 5) is 11.9. The fourth-order valence-electron chi connectivity index (χ4n) is 2.88. The van der Waals surface area contributed by atoms with Gasteiger partial charge in [-0.25, -0.2) is 4.79 Å². The van der Waals surface area contributed by atoms with Crippen LogP contribution in [0.3, 0.4) is 0 Å². The minimum Gasteiger partial charge on any atom is -0.462 e. The summed E-state index contributed by atoms with van der Waals surface area (Å²) < 4.78 is 10.6. The summed E-state index contributed by atoms with van der Waals surface area (Å²) in [5.41, 5.74) is 5.82. The Morgan fingerprint density at radius 3 is 2.94 bits per heavy atom. The summed E-state index contributed by atoms with van der Waals surface area (Å²) in [5.74, 6) is -0.180. The molecule has 0 radical (unpaired) electrons. The van der Waals surface area contributed by atoms with Crippen molar-refractivity contribution < 1.29 is 14.3 Å². The number of hydrogen-bond donors (Lipinski definition) is 0. The van der Waals surface area contributed by atoms with E-state index in [-0.39, 0.29) is 5.97 Å². The number of esters is 1. The highest BCUT2D eigenvalue weighted by Gasteiger charge is 2.27. The Morgan fingerprint density at radius 2 is 2.12 bits per heavy atom. The molecule has 2 aliphatic rings. The molecule has 3 heteroatoms. The molecule has 0 atom stereocenters. The smallest absolute Gasteiger partial charge is 0.338 e. The lowest BCUT2D eigenvalue weighted by Crippen LogP contribution is -2.10. The van der Waals surface area contributed by atoms with E-state index >= 15 is 0 Å². The molecule has 0 aromatic heterocycles. The molecule has 1 aromatic carbocycles. The van der Waals surface area contributed by atoms with Gasteiger partial charge in [0.25, 0.3) is 0 Å². The fraction of sp³-hybridized carbons (Fsp3) is 0.500. The highest BCUT2D eigenvalue weighted by molar-refractivity contribution is 5.92. The second kappa shape index (κ2) is 4.15. The normalized spacial score (nSPS) is 16.8. The molecule has 0 fully saturated rings. The van der Waals surface area contributed by atoms with Crippen molar-refractivity contribution in [3.63, 3.8) is 0 Å². The van der Waals surface area contributed by atoms with Gasteiger partial charge < -0.3 is 9.47 Å². The Morgan fingerprint density at radius 1 is 1.29 bits per heavy atom. The largest absolute Gasteiger partial charge is 0.462 e. The van der Waals surface area contributed by atoms with Gasteiger partial charge in [-0.1, -0.05) is 0 Å². The van der Waals surface area contributed by atoms with Crippen molar-refractivity contribution in [2.45, 2.75) is 39.4 Å². The quantitative estimate of drug-likeness (QED) is 0.734. The predicted octanol–water partition coefficient (Wildman–Crippen LogP) is 2.38. The molecule has 0 saturated heterocycles. The molecule has 1 aromatic rings. The first-order valence-corrected chi connectivity index (χ1v) is 6.22. The van der Waals surface area contributed by atoms with Crippen LogP contribution in [0.2, 0.25) is 0 Å². The monoisotopic (exact) mass is 232 g/mol. The van der Waals surface area contributed by atoms with Crippen LogP contribution >= 0.6 is 0 Å². The number of ether oxygens (including phenoxy) is 2. The van der Waals surface area contributed by atoms with Crippen LogP contribution in [0, 0.1) is 0 Å². The van der Waals surface area contributed by atoms with Gasteiger partial charge in [-0.3, -0.25) is 0 Å². The Hall–Kier alpha value is -1.35. The molecule has 0 N–H and O–H groups in total. The van der Waals surface area contributed by atoms with E-state index in [1.54, 1.807) is 0 Å². The van der Waals surface area contributed by atoms with Gasteiger partial charge in [0.2, 0.25) is 0 Å². The molecule has 17 heavy (non-hydrogen) atoms. The first kappa shape index (κ1) is 10.8. The average Bonchev–Trinajstić information content (AvgIpc) is 2.95. The molecular formula is C14H16O3. The predicted molar refractivity (Wildman–Crippen MR) is 62.9 cm³/mol. The molecule has 3 rings (SSSR count). The van der Waals surface area contributed by atoms with Crippen molar-refractivity contribution in [3.8, 4) is 0 Å². The van der Waals surface area contributed by atoms with Gasteiger partial charge in [0.1, 0.15) is 0 Å². The minimum absolute atomic E-state index is 0.180. The second-order valence-corrected chi connectivity index (χ2v) is 4.59. The summed E-state index contributed by atoms with van der Waals surface area (Å²) in [7, 11) is 0. The zero-order valence-corrected chi connectivity index (χ0v) is 10.0. The van der Waals surface area contributed by atoms with Gasteiger partial charge in [0.15, 0.2) is 0 Å². The Balaban J connectivity index is 2.10. The van der Waals surface area contributed by atoms with E-state index in [2.05, 4.69) is 0 Å². The van der Waals surface area contributed by atoms with Gasteiger partial charge in [-0.15, -0.1) is 0 Å². The molecule has 0 unspecified atom stereocenters. The van der Waals surface area contributed by atoms with E-state index in [0.29, 0.717) is 19.8 Å². The highest BCUT2D eigenvalue weighted by atomic mass is 16.5. The lowest BCUT2D eigenvalue weighted by Gasteiger charge is -2.11. The van der Waals surface area contributed by atoms with E-state index in [0.717, 1.165) is 24.8 Å². The molecule has 90 valence electrons. The molecule has 3 nitrogen and oxygen atoms in total. The third kappa shape index (κ3) is 1.65. The van der Waals surface area contributed by atoms with Crippen LogP contribution in [-0.4, -0.2) is 12.6 Å². The maximum atomic E-state index is 11.9. The third-order valence-electron chi connectivity index (χ3n) is 3.61. The van der Waals surface area contributed by atoms with Crippen molar-refractivity contribution in [1.29, 1.82) is 0 Å². The second-order valence-electron chi connectivity index (χ2n) is 4.59. The van der Waals surface area contributed by atoms with Gasteiger partial charge in [0, 0.05) is 0 Å². The molecule has 0 bridgehead atoms. The summed E-state index contributed by atoms with van der Waals surface area (Å²) in [6, 6.07) is 1.98. The van der Waals surface area contributed by atoms with Crippen LogP contribution in [0.15, 0.2) is 6.07 Å². The Bertz CT molecular complexity index is 477. The SMILES string of the molecule is CCOC(=O)c1cc2c(c3c1CCC3)COC2. The van der Waals surface area contributed by atoms with Crippen LogP contribution in [0.5, 0.6) is 0 Å². The third-order valence-corrected chi connectivity index (χ3v) is 3.61. The van der Waals surface area contributed by atoms with Crippen LogP contribution in [0.25, 0.3) is 0 Å².